The maximum Gasteiger partial charge on any atom is 0.127 e. The molecule has 0 aliphatic rings. The summed E-state index contributed by atoms with van der Waals surface area (Å²) in [7, 11) is 1.96. The van der Waals surface area contributed by atoms with E-state index in [4.69, 9.17) is 0 Å². The molecule has 17 heavy (non-hydrogen) atoms. The lowest BCUT2D eigenvalue weighted by Gasteiger charge is -2.25. The number of hydrogen-bond acceptors (Lipinski definition) is 2. The zero-order valence-corrected chi connectivity index (χ0v) is 10.9. The SMILES string of the molecule is CC(C)C(CO)CN(C)Cc1ccccc1F. The van der Waals surface area contributed by atoms with Crippen LogP contribution in [0.5, 0.6) is 0 Å². The Hall–Kier alpha value is -0.930. The van der Waals surface area contributed by atoms with Gasteiger partial charge in [0.05, 0.1) is 0 Å². The van der Waals surface area contributed by atoms with Crippen LogP contribution in [0.4, 0.5) is 4.39 Å². The summed E-state index contributed by atoms with van der Waals surface area (Å²) < 4.78 is 13.5. The van der Waals surface area contributed by atoms with Gasteiger partial charge in [0.25, 0.3) is 0 Å². The minimum absolute atomic E-state index is 0.163. The van der Waals surface area contributed by atoms with Crippen LogP contribution in [0.15, 0.2) is 24.3 Å². The van der Waals surface area contributed by atoms with Crippen LogP contribution in [0.2, 0.25) is 0 Å². The van der Waals surface area contributed by atoms with Gasteiger partial charge in [0, 0.05) is 25.3 Å². The van der Waals surface area contributed by atoms with E-state index < -0.39 is 0 Å². The first-order valence-electron chi connectivity index (χ1n) is 6.07. The number of hydrogen-bond donors (Lipinski definition) is 1. The Labute approximate surface area is 103 Å². The Bertz CT molecular complexity index is 341. The average Bonchev–Trinajstić information content (AvgIpc) is 2.28. The van der Waals surface area contributed by atoms with Gasteiger partial charge < -0.3 is 10.0 Å². The highest BCUT2D eigenvalue weighted by molar-refractivity contribution is 5.16. The van der Waals surface area contributed by atoms with Crippen LogP contribution in [0.3, 0.4) is 0 Å². The van der Waals surface area contributed by atoms with Gasteiger partial charge in [-0.15, -0.1) is 0 Å². The highest BCUT2D eigenvalue weighted by Crippen LogP contribution is 2.14. The lowest BCUT2D eigenvalue weighted by molar-refractivity contribution is 0.143. The van der Waals surface area contributed by atoms with Crippen molar-refractivity contribution in [1.82, 2.24) is 4.90 Å². The first-order chi connectivity index (χ1) is 8.04. The van der Waals surface area contributed by atoms with E-state index in [9.17, 15) is 9.50 Å². The second-order valence-electron chi connectivity index (χ2n) is 4.97. The van der Waals surface area contributed by atoms with Crippen molar-refractivity contribution in [2.75, 3.05) is 20.2 Å². The lowest BCUT2D eigenvalue weighted by Crippen LogP contribution is -2.30. The van der Waals surface area contributed by atoms with Gasteiger partial charge in [0.1, 0.15) is 5.82 Å². The molecule has 0 saturated heterocycles. The van der Waals surface area contributed by atoms with Gasteiger partial charge in [-0.2, -0.15) is 0 Å². The monoisotopic (exact) mass is 239 g/mol. The van der Waals surface area contributed by atoms with Crippen molar-refractivity contribution in [1.29, 1.82) is 0 Å². The molecule has 96 valence electrons. The lowest BCUT2D eigenvalue weighted by atomic mass is 9.96. The van der Waals surface area contributed by atoms with E-state index in [2.05, 4.69) is 18.7 Å². The van der Waals surface area contributed by atoms with Gasteiger partial charge in [0.15, 0.2) is 0 Å². The van der Waals surface area contributed by atoms with E-state index in [0.29, 0.717) is 18.0 Å². The fourth-order valence-corrected chi connectivity index (χ4v) is 1.86. The molecule has 0 amide bonds. The van der Waals surface area contributed by atoms with Crippen LogP contribution in [0.25, 0.3) is 0 Å². The fourth-order valence-electron chi connectivity index (χ4n) is 1.86. The zero-order chi connectivity index (χ0) is 12.8. The van der Waals surface area contributed by atoms with Crippen molar-refractivity contribution in [3.8, 4) is 0 Å². The van der Waals surface area contributed by atoms with Crippen LogP contribution in [-0.4, -0.2) is 30.2 Å². The smallest absolute Gasteiger partial charge is 0.127 e. The molecule has 0 aliphatic heterocycles. The maximum absolute atomic E-state index is 13.5. The summed E-state index contributed by atoms with van der Waals surface area (Å²) in [6, 6.07) is 6.83. The molecular weight excluding hydrogens is 217 g/mol. The van der Waals surface area contributed by atoms with Crippen molar-refractivity contribution in [3.05, 3.63) is 35.6 Å². The molecule has 1 atom stereocenters. The average molecular weight is 239 g/mol. The third-order valence-corrected chi connectivity index (χ3v) is 3.12. The van der Waals surface area contributed by atoms with E-state index in [1.807, 2.05) is 13.1 Å². The van der Waals surface area contributed by atoms with E-state index >= 15 is 0 Å². The van der Waals surface area contributed by atoms with Gasteiger partial charge in [-0.3, -0.25) is 0 Å². The highest BCUT2D eigenvalue weighted by atomic mass is 19.1. The third-order valence-electron chi connectivity index (χ3n) is 3.12. The Balaban J connectivity index is 2.55. The van der Waals surface area contributed by atoms with Crippen molar-refractivity contribution in [2.45, 2.75) is 20.4 Å². The van der Waals surface area contributed by atoms with Crippen molar-refractivity contribution in [2.24, 2.45) is 11.8 Å². The number of nitrogens with zero attached hydrogens (tertiary/aromatic N) is 1. The van der Waals surface area contributed by atoms with E-state index in [-0.39, 0.29) is 18.3 Å². The first-order valence-corrected chi connectivity index (χ1v) is 6.07. The summed E-state index contributed by atoms with van der Waals surface area (Å²) in [5.41, 5.74) is 0.704. The number of halogens is 1. The Morgan fingerprint density at radius 2 is 1.94 bits per heavy atom. The summed E-state index contributed by atoms with van der Waals surface area (Å²) in [6.07, 6.45) is 0. The summed E-state index contributed by atoms with van der Waals surface area (Å²) in [4.78, 5) is 2.05. The topological polar surface area (TPSA) is 23.5 Å². The summed E-state index contributed by atoms with van der Waals surface area (Å²) in [6.45, 7) is 5.73. The standard InChI is InChI=1S/C14H22FNO/c1-11(2)13(10-17)9-16(3)8-12-6-4-5-7-14(12)15/h4-7,11,13,17H,8-10H2,1-3H3. The molecule has 0 heterocycles. The van der Waals surface area contributed by atoms with E-state index in [1.54, 1.807) is 12.1 Å². The van der Waals surface area contributed by atoms with Crippen LogP contribution >= 0.6 is 0 Å². The normalized spacial score (nSPS) is 13.4. The second kappa shape index (κ2) is 6.72. The molecule has 1 aromatic rings. The number of aliphatic hydroxyl groups is 1. The Kier molecular flexibility index (Phi) is 5.59. The summed E-state index contributed by atoms with van der Waals surface area (Å²) in [5, 5.41) is 9.27. The minimum Gasteiger partial charge on any atom is -0.396 e. The Morgan fingerprint density at radius 3 is 2.47 bits per heavy atom. The van der Waals surface area contributed by atoms with Crippen LogP contribution in [0, 0.1) is 17.7 Å². The van der Waals surface area contributed by atoms with Gasteiger partial charge in [-0.1, -0.05) is 32.0 Å². The molecule has 2 nitrogen and oxygen atoms in total. The minimum atomic E-state index is -0.163. The van der Waals surface area contributed by atoms with Gasteiger partial charge in [0.2, 0.25) is 0 Å². The van der Waals surface area contributed by atoms with Crippen LogP contribution in [0.1, 0.15) is 19.4 Å². The molecule has 0 radical (unpaired) electrons. The van der Waals surface area contributed by atoms with Gasteiger partial charge >= 0.3 is 0 Å². The largest absolute Gasteiger partial charge is 0.396 e. The van der Waals surface area contributed by atoms with Crippen molar-refractivity contribution in [3.63, 3.8) is 0 Å². The molecule has 0 spiro atoms. The van der Waals surface area contributed by atoms with Crippen molar-refractivity contribution >= 4 is 0 Å². The number of aliphatic hydroxyl groups excluding tert-OH is 1. The Morgan fingerprint density at radius 1 is 1.29 bits per heavy atom. The molecule has 0 aromatic heterocycles. The number of rotatable bonds is 6. The molecule has 1 rings (SSSR count). The fraction of sp³-hybridized carbons (Fsp3) is 0.571. The van der Waals surface area contributed by atoms with E-state index in [1.165, 1.54) is 6.07 Å². The summed E-state index contributed by atoms with van der Waals surface area (Å²) >= 11 is 0. The van der Waals surface area contributed by atoms with Crippen molar-refractivity contribution < 1.29 is 9.50 Å². The zero-order valence-electron chi connectivity index (χ0n) is 10.9. The molecule has 1 N–H and O–H groups in total. The predicted molar refractivity (Wildman–Crippen MR) is 68.1 cm³/mol. The molecule has 0 bridgehead atoms. The molecule has 1 unspecified atom stereocenters. The van der Waals surface area contributed by atoms with E-state index in [0.717, 1.165) is 6.54 Å². The number of benzene rings is 1. The second-order valence-corrected chi connectivity index (χ2v) is 4.97. The van der Waals surface area contributed by atoms with Gasteiger partial charge in [-0.05, 0) is 24.9 Å². The molecule has 1 aromatic carbocycles. The molecule has 3 heteroatoms. The van der Waals surface area contributed by atoms with Crippen LogP contribution < -0.4 is 0 Å². The maximum atomic E-state index is 13.5. The van der Waals surface area contributed by atoms with Crippen LogP contribution in [-0.2, 0) is 6.54 Å². The predicted octanol–water partition coefficient (Wildman–Crippen LogP) is 2.52. The first kappa shape index (κ1) is 14.1. The molecule has 0 fully saturated rings. The molecule has 0 saturated carbocycles. The highest BCUT2D eigenvalue weighted by Gasteiger charge is 2.15. The summed E-state index contributed by atoms with van der Waals surface area (Å²) in [5.74, 6) is 0.513. The molecular formula is C14H22FNO. The quantitative estimate of drug-likeness (QED) is 0.824. The molecule has 0 aliphatic carbocycles. The third kappa shape index (κ3) is 4.44. The van der Waals surface area contributed by atoms with Gasteiger partial charge in [-0.25, -0.2) is 4.39 Å².